The fourth-order valence-electron chi connectivity index (χ4n) is 1.83. The molecule has 0 saturated carbocycles. The smallest absolute Gasteiger partial charge is 0.257 e. The summed E-state index contributed by atoms with van der Waals surface area (Å²) in [6.45, 7) is 2.03. The van der Waals surface area contributed by atoms with Crippen LogP contribution in [0.2, 0.25) is 0 Å². The maximum absolute atomic E-state index is 13.5. The summed E-state index contributed by atoms with van der Waals surface area (Å²) in [4.78, 5) is 15.7. The van der Waals surface area contributed by atoms with Crippen LogP contribution in [0.4, 0.5) is 17.6 Å². The van der Waals surface area contributed by atoms with Crippen LogP contribution in [-0.4, -0.2) is 17.5 Å². The van der Waals surface area contributed by atoms with E-state index in [1.807, 2.05) is 0 Å². The fourth-order valence-corrected chi connectivity index (χ4v) is 1.83. The molecule has 23 heavy (non-hydrogen) atoms. The molecule has 1 heterocycles. The van der Waals surface area contributed by atoms with Crippen molar-refractivity contribution in [1.82, 2.24) is 10.3 Å². The quantitative estimate of drug-likeness (QED) is 0.678. The van der Waals surface area contributed by atoms with Gasteiger partial charge in [0.05, 0.1) is 6.61 Å². The number of nitrogens with one attached hydrogen (secondary N) is 1. The molecule has 2 aromatic rings. The summed E-state index contributed by atoms with van der Waals surface area (Å²) < 4.78 is 58.4. The van der Waals surface area contributed by atoms with Gasteiger partial charge in [-0.1, -0.05) is 0 Å². The zero-order valence-electron chi connectivity index (χ0n) is 12.0. The molecule has 1 aromatic heterocycles. The predicted molar refractivity (Wildman–Crippen MR) is 72.9 cm³/mol. The third-order valence-electron chi connectivity index (χ3n) is 2.88. The number of carbonyl (C=O) groups is 1. The van der Waals surface area contributed by atoms with Gasteiger partial charge in [-0.3, -0.25) is 4.79 Å². The predicted octanol–water partition coefficient (Wildman–Crippen LogP) is 2.97. The van der Waals surface area contributed by atoms with E-state index < -0.39 is 34.7 Å². The van der Waals surface area contributed by atoms with Crippen LogP contribution in [0.3, 0.4) is 0 Å². The van der Waals surface area contributed by atoms with Crippen molar-refractivity contribution in [3.05, 3.63) is 58.8 Å². The van der Waals surface area contributed by atoms with Gasteiger partial charge in [0, 0.05) is 24.9 Å². The van der Waals surface area contributed by atoms with Crippen LogP contribution in [0.5, 0.6) is 5.88 Å². The average molecular weight is 328 g/mol. The number of benzene rings is 1. The Kier molecular flexibility index (Phi) is 5.15. The lowest BCUT2D eigenvalue weighted by atomic mass is 10.1. The Bertz CT molecular complexity index is 711. The van der Waals surface area contributed by atoms with E-state index in [1.165, 1.54) is 12.3 Å². The van der Waals surface area contributed by atoms with Gasteiger partial charge < -0.3 is 10.1 Å². The lowest BCUT2D eigenvalue weighted by Gasteiger charge is -2.09. The topological polar surface area (TPSA) is 51.2 Å². The molecule has 0 aliphatic carbocycles. The molecule has 2 rings (SSSR count). The number of halogens is 4. The summed E-state index contributed by atoms with van der Waals surface area (Å²) in [5.74, 6) is -7.73. The summed E-state index contributed by atoms with van der Waals surface area (Å²) in [5.41, 5.74) is -0.768. The van der Waals surface area contributed by atoms with Gasteiger partial charge in [-0.15, -0.1) is 0 Å². The Morgan fingerprint density at radius 2 is 1.83 bits per heavy atom. The molecule has 0 saturated heterocycles. The molecule has 0 aliphatic rings. The largest absolute Gasteiger partial charge is 0.478 e. The van der Waals surface area contributed by atoms with Gasteiger partial charge in [0.15, 0.2) is 23.3 Å². The average Bonchev–Trinajstić information content (AvgIpc) is 2.52. The van der Waals surface area contributed by atoms with Crippen molar-refractivity contribution >= 4 is 5.91 Å². The number of nitrogens with zero attached hydrogens (tertiary/aromatic N) is 1. The van der Waals surface area contributed by atoms with E-state index in [9.17, 15) is 22.4 Å². The van der Waals surface area contributed by atoms with Crippen LogP contribution >= 0.6 is 0 Å². The molecule has 0 fully saturated rings. The third kappa shape index (κ3) is 3.77. The first-order valence-electron chi connectivity index (χ1n) is 6.63. The minimum absolute atomic E-state index is 0.0404. The normalized spacial score (nSPS) is 10.5. The monoisotopic (exact) mass is 328 g/mol. The fraction of sp³-hybridized carbons (Fsp3) is 0.200. The standard InChI is InChI=1S/C15H12F4N2O2/c1-2-23-11-5-8(3-4-20-11)7-21-15(22)12-13(18)9(16)6-10(17)14(12)19/h3-6H,2,7H2,1H3,(H,21,22). The minimum atomic E-state index is -1.74. The van der Waals surface area contributed by atoms with Gasteiger partial charge in [0.2, 0.25) is 5.88 Å². The van der Waals surface area contributed by atoms with Gasteiger partial charge in [-0.2, -0.15) is 0 Å². The van der Waals surface area contributed by atoms with Gasteiger partial charge >= 0.3 is 0 Å². The van der Waals surface area contributed by atoms with Crippen molar-refractivity contribution < 1.29 is 27.1 Å². The van der Waals surface area contributed by atoms with E-state index in [0.29, 0.717) is 18.1 Å². The van der Waals surface area contributed by atoms with E-state index in [2.05, 4.69) is 10.3 Å². The summed E-state index contributed by atoms with van der Waals surface area (Å²) in [6.07, 6.45) is 1.43. The maximum Gasteiger partial charge on any atom is 0.257 e. The van der Waals surface area contributed by atoms with Crippen LogP contribution in [0.15, 0.2) is 24.4 Å². The first-order chi connectivity index (χ1) is 10.9. The minimum Gasteiger partial charge on any atom is -0.478 e. The second-order valence-electron chi connectivity index (χ2n) is 4.46. The summed E-state index contributed by atoms with van der Waals surface area (Å²) in [7, 11) is 0. The summed E-state index contributed by atoms with van der Waals surface area (Å²) in [6, 6.07) is 3.10. The number of hydrogen-bond donors (Lipinski definition) is 1. The van der Waals surface area contributed by atoms with Crippen LogP contribution < -0.4 is 10.1 Å². The lowest BCUT2D eigenvalue weighted by molar-refractivity contribution is 0.0939. The van der Waals surface area contributed by atoms with Gasteiger partial charge in [-0.05, 0) is 18.6 Å². The van der Waals surface area contributed by atoms with E-state index >= 15 is 0 Å². The van der Waals surface area contributed by atoms with Gasteiger partial charge in [-0.25, -0.2) is 22.5 Å². The zero-order valence-corrected chi connectivity index (χ0v) is 12.0. The molecule has 0 radical (unpaired) electrons. The number of ether oxygens (including phenoxy) is 1. The Balaban J connectivity index is 2.16. The highest BCUT2D eigenvalue weighted by atomic mass is 19.2. The molecule has 1 N–H and O–H groups in total. The van der Waals surface area contributed by atoms with Crippen LogP contribution in [0, 0.1) is 23.3 Å². The molecule has 122 valence electrons. The lowest BCUT2D eigenvalue weighted by Crippen LogP contribution is -2.26. The van der Waals surface area contributed by atoms with E-state index in [1.54, 1.807) is 13.0 Å². The summed E-state index contributed by atoms with van der Waals surface area (Å²) in [5, 5.41) is 2.19. The molecule has 8 heteroatoms. The molecule has 0 spiro atoms. The highest BCUT2D eigenvalue weighted by Gasteiger charge is 2.24. The SMILES string of the molecule is CCOc1cc(CNC(=O)c2c(F)c(F)cc(F)c2F)ccn1. The Labute approximate surface area is 129 Å². The van der Waals surface area contributed by atoms with Crippen molar-refractivity contribution in [2.24, 2.45) is 0 Å². The Morgan fingerprint density at radius 1 is 1.17 bits per heavy atom. The molecule has 0 unspecified atom stereocenters. The first-order valence-corrected chi connectivity index (χ1v) is 6.63. The van der Waals surface area contributed by atoms with Crippen molar-refractivity contribution in [1.29, 1.82) is 0 Å². The molecule has 0 aliphatic heterocycles. The first kappa shape index (κ1) is 16.7. The number of carbonyl (C=O) groups excluding carboxylic acids is 1. The number of amides is 1. The third-order valence-corrected chi connectivity index (χ3v) is 2.88. The highest BCUT2D eigenvalue weighted by Crippen LogP contribution is 2.19. The van der Waals surface area contributed by atoms with Gasteiger partial charge in [0.1, 0.15) is 5.56 Å². The van der Waals surface area contributed by atoms with Crippen molar-refractivity contribution in [2.45, 2.75) is 13.5 Å². The molecular weight excluding hydrogens is 316 g/mol. The zero-order chi connectivity index (χ0) is 17.0. The number of hydrogen-bond acceptors (Lipinski definition) is 3. The summed E-state index contributed by atoms with van der Waals surface area (Å²) >= 11 is 0. The highest BCUT2D eigenvalue weighted by molar-refractivity contribution is 5.94. The molecular formula is C15H12F4N2O2. The second kappa shape index (κ2) is 7.08. The van der Waals surface area contributed by atoms with Gasteiger partial charge in [0.25, 0.3) is 5.91 Å². The second-order valence-corrected chi connectivity index (χ2v) is 4.46. The molecule has 4 nitrogen and oxygen atoms in total. The van der Waals surface area contributed by atoms with Crippen molar-refractivity contribution in [3.63, 3.8) is 0 Å². The van der Waals surface area contributed by atoms with Crippen LogP contribution in [0.25, 0.3) is 0 Å². The molecule has 1 amide bonds. The van der Waals surface area contributed by atoms with Crippen molar-refractivity contribution in [2.75, 3.05) is 6.61 Å². The van der Waals surface area contributed by atoms with Crippen LogP contribution in [-0.2, 0) is 6.54 Å². The van der Waals surface area contributed by atoms with E-state index in [4.69, 9.17) is 4.74 Å². The van der Waals surface area contributed by atoms with E-state index in [0.717, 1.165) is 0 Å². The number of pyridine rings is 1. The Hall–Kier alpha value is -2.64. The Morgan fingerprint density at radius 3 is 2.43 bits per heavy atom. The maximum atomic E-state index is 13.5. The van der Waals surface area contributed by atoms with Crippen LogP contribution in [0.1, 0.15) is 22.8 Å². The number of aromatic nitrogens is 1. The van der Waals surface area contributed by atoms with Crippen molar-refractivity contribution in [3.8, 4) is 5.88 Å². The molecule has 0 atom stereocenters. The van der Waals surface area contributed by atoms with E-state index in [-0.39, 0.29) is 12.6 Å². The molecule has 1 aromatic carbocycles. The number of rotatable bonds is 5. The molecule has 0 bridgehead atoms.